The summed E-state index contributed by atoms with van der Waals surface area (Å²) in [5, 5.41) is 2.12. The highest BCUT2D eigenvalue weighted by Gasteiger charge is 2.37. The number of hydrogen-bond acceptors (Lipinski definition) is 4. The first kappa shape index (κ1) is 17.3. The van der Waals surface area contributed by atoms with Crippen molar-refractivity contribution in [2.24, 2.45) is 0 Å². The van der Waals surface area contributed by atoms with E-state index in [1.54, 1.807) is 0 Å². The Hall–Kier alpha value is -2.56. The molecule has 0 amide bonds. The Morgan fingerprint density at radius 1 is 0.920 bits per heavy atom. The molecule has 5 nitrogen and oxygen atoms in total. The Labute approximate surface area is 140 Å². The Morgan fingerprint density at radius 2 is 1.52 bits per heavy atom. The molecule has 0 aliphatic heterocycles. The van der Waals surface area contributed by atoms with Gasteiger partial charge in [-0.15, -0.1) is 0 Å². The summed E-state index contributed by atoms with van der Waals surface area (Å²) in [6, 6.07) is 1.10. The first-order valence-electron chi connectivity index (χ1n) is 6.47. The van der Waals surface area contributed by atoms with E-state index in [0.717, 1.165) is 0 Å². The van der Waals surface area contributed by atoms with Gasteiger partial charge in [-0.3, -0.25) is 0 Å². The zero-order valence-corrected chi connectivity index (χ0v) is 12.6. The minimum absolute atomic E-state index is 0.0317. The van der Waals surface area contributed by atoms with E-state index < -0.39 is 29.2 Å². The third-order valence-corrected chi connectivity index (χ3v) is 3.28. The van der Waals surface area contributed by atoms with Gasteiger partial charge in [-0.1, -0.05) is 0 Å². The fraction of sp³-hybridized carbons (Fsp3) is 0.154. The molecule has 2 N–H and O–H groups in total. The maximum atomic E-state index is 12.9. The van der Waals surface area contributed by atoms with Crippen LogP contribution in [0.3, 0.4) is 0 Å². The van der Waals surface area contributed by atoms with Crippen molar-refractivity contribution < 1.29 is 26.3 Å². The van der Waals surface area contributed by atoms with Crippen LogP contribution in [0, 0.1) is 0 Å². The van der Waals surface area contributed by atoms with Crippen LogP contribution in [0.15, 0.2) is 24.5 Å². The molecule has 0 aliphatic carbocycles. The van der Waals surface area contributed by atoms with E-state index in [1.807, 2.05) is 0 Å². The van der Waals surface area contributed by atoms with E-state index in [1.165, 1.54) is 6.33 Å². The molecule has 2 heterocycles. The normalized spacial score (nSPS) is 12.6. The van der Waals surface area contributed by atoms with Gasteiger partial charge in [0.2, 0.25) is 5.28 Å². The molecule has 0 unspecified atom stereocenters. The van der Waals surface area contributed by atoms with Crippen molar-refractivity contribution >= 4 is 34.3 Å². The molecule has 132 valence electrons. The van der Waals surface area contributed by atoms with Crippen LogP contribution >= 0.6 is 11.6 Å². The number of halogens is 7. The number of aromatic amines is 1. The summed E-state index contributed by atoms with van der Waals surface area (Å²) in [6.45, 7) is 0. The molecular weight excluding hydrogens is 376 g/mol. The van der Waals surface area contributed by atoms with Crippen molar-refractivity contribution in [2.75, 3.05) is 5.32 Å². The zero-order chi connectivity index (χ0) is 18.4. The first-order chi connectivity index (χ1) is 11.5. The molecule has 0 saturated heterocycles. The van der Waals surface area contributed by atoms with Crippen LogP contribution in [0.4, 0.5) is 37.8 Å². The Kier molecular flexibility index (Phi) is 3.98. The number of rotatable bonds is 2. The SMILES string of the molecule is FC(F)(F)c1cc(Nc2nc(Cl)nc3nc[nH]c23)cc(C(F)(F)F)c1. The Morgan fingerprint density at radius 3 is 2.08 bits per heavy atom. The maximum absolute atomic E-state index is 12.9. The standard InChI is InChI=1S/C13H6ClF6N5/c14-11-24-9-8(21-4-22-9)10(25-11)23-7-2-5(12(15,16)17)1-6(3-7)13(18,19)20/h1-4H,(H2,21,22,23,24,25). The molecule has 25 heavy (non-hydrogen) atoms. The minimum atomic E-state index is -4.95. The summed E-state index contributed by atoms with van der Waals surface area (Å²) in [6.07, 6.45) is -8.68. The Bertz CT molecular complexity index is 901. The van der Waals surface area contributed by atoms with E-state index in [2.05, 4.69) is 25.3 Å². The molecule has 0 bridgehead atoms. The molecular formula is C13H6ClF6N5. The van der Waals surface area contributed by atoms with E-state index >= 15 is 0 Å². The molecule has 0 spiro atoms. The highest BCUT2D eigenvalue weighted by molar-refractivity contribution is 6.28. The van der Waals surface area contributed by atoms with Gasteiger partial charge in [0.1, 0.15) is 5.52 Å². The highest BCUT2D eigenvalue weighted by atomic mass is 35.5. The van der Waals surface area contributed by atoms with E-state index in [-0.39, 0.29) is 28.3 Å². The van der Waals surface area contributed by atoms with Crippen molar-refractivity contribution in [3.8, 4) is 0 Å². The molecule has 0 atom stereocenters. The van der Waals surface area contributed by atoms with Crippen molar-refractivity contribution in [2.45, 2.75) is 12.4 Å². The van der Waals surface area contributed by atoms with Gasteiger partial charge >= 0.3 is 12.4 Å². The second-order valence-corrected chi connectivity index (χ2v) is 5.20. The summed E-state index contributed by atoms with van der Waals surface area (Å²) >= 11 is 5.68. The third-order valence-electron chi connectivity index (χ3n) is 3.11. The fourth-order valence-electron chi connectivity index (χ4n) is 2.06. The number of imidazole rings is 1. The number of anilines is 2. The van der Waals surface area contributed by atoms with Crippen molar-refractivity contribution in [1.82, 2.24) is 19.9 Å². The maximum Gasteiger partial charge on any atom is 0.416 e. The zero-order valence-electron chi connectivity index (χ0n) is 11.8. The lowest BCUT2D eigenvalue weighted by atomic mass is 10.1. The number of H-pyrrole nitrogens is 1. The van der Waals surface area contributed by atoms with Crippen molar-refractivity contribution in [1.29, 1.82) is 0 Å². The van der Waals surface area contributed by atoms with Crippen LogP contribution in [0.5, 0.6) is 0 Å². The average Bonchev–Trinajstić information content (AvgIpc) is 2.93. The van der Waals surface area contributed by atoms with Crippen LogP contribution in [0.2, 0.25) is 5.28 Å². The largest absolute Gasteiger partial charge is 0.416 e. The minimum Gasteiger partial charge on any atom is -0.340 e. The molecule has 0 saturated carbocycles. The summed E-state index contributed by atoms with van der Waals surface area (Å²) in [4.78, 5) is 14.0. The number of aromatic nitrogens is 4. The van der Waals surface area contributed by atoms with E-state index in [0.29, 0.717) is 12.1 Å². The monoisotopic (exact) mass is 381 g/mol. The molecule has 3 aromatic rings. The van der Waals surface area contributed by atoms with Crippen LogP contribution < -0.4 is 5.32 Å². The molecule has 0 radical (unpaired) electrons. The summed E-state index contributed by atoms with van der Waals surface area (Å²) < 4.78 is 77.3. The van der Waals surface area contributed by atoms with E-state index in [9.17, 15) is 26.3 Å². The summed E-state index contributed by atoms with van der Waals surface area (Å²) in [5.41, 5.74) is -3.09. The number of hydrogen-bond donors (Lipinski definition) is 2. The van der Waals surface area contributed by atoms with Gasteiger partial charge in [0, 0.05) is 5.69 Å². The van der Waals surface area contributed by atoms with Crippen LogP contribution in [0.25, 0.3) is 11.2 Å². The molecule has 2 aromatic heterocycles. The van der Waals surface area contributed by atoms with Crippen molar-refractivity contribution in [3.63, 3.8) is 0 Å². The van der Waals surface area contributed by atoms with Crippen LogP contribution in [-0.2, 0) is 12.4 Å². The number of nitrogens with one attached hydrogen (secondary N) is 2. The lowest BCUT2D eigenvalue weighted by molar-refractivity contribution is -0.143. The third kappa shape index (κ3) is 3.60. The number of benzene rings is 1. The van der Waals surface area contributed by atoms with Crippen molar-refractivity contribution in [3.05, 3.63) is 40.9 Å². The number of nitrogens with zero attached hydrogens (tertiary/aromatic N) is 3. The van der Waals surface area contributed by atoms with Gasteiger partial charge in [-0.05, 0) is 29.8 Å². The lowest BCUT2D eigenvalue weighted by Gasteiger charge is -2.15. The number of alkyl halides is 6. The predicted octanol–water partition coefficient (Wildman–Crippen LogP) is 4.79. The molecule has 0 fully saturated rings. The van der Waals surface area contributed by atoms with Gasteiger partial charge in [-0.2, -0.15) is 36.3 Å². The van der Waals surface area contributed by atoms with Gasteiger partial charge in [-0.25, -0.2) is 4.98 Å². The first-order valence-corrected chi connectivity index (χ1v) is 6.85. The predicted molar refractivity (Wildman–Crippen MR) is 76.4 cm³/mol. The van der Waals surface area contributed by atoms with Gasteiger partial charge in [0.25, 0.3) is 0 Å². The summed E-state index contributed by atoms with van der Waals surface area (Å²) in [7, 11) is 0. The molecule has 1 aromatic carbocycles. The smallest absolute Gasteiger partial charge is 0.340 e. The van der Waals surface area contributed by atoms with Gasteiger partial charge in [0.15, 0.2) is 11.5 Å². The number of fused-ring (bicyclic) bond motifs is 1. The topological polar surface area (TPSA) is 66.5 Å². The van der Waals surface area contributed by atoms with Crippen LogP contribution in [-0.4, -0.2) is 19.9 Å². The lowest BCUT2D eigenvalue weighted by Crippen LogP contribution is -2.11. The molecule has 12 heteroatoms. The highest BCUT2D eigenvalue weighted by Crippen LogP contribution is 2.38. The van der Waals surface area contributed by atoms with E-state index in [4.69, 9.17) is 11.6 Å². The Balaban J connectivity index is 2.11. The van der Waals surface area contributed by atoms with Crippen LogP contribution in [0.1, 0.15) is 11.1 Å². The summed E-state index contributed by atoms with van der Waals surface area (Å²) in [5.74, 6) is -0.111. The molecule has 0 aliphatic rings. The second kappa shape index (κ2) is 5.76. The average molecular weight is 382 g/mol. The fourth-order valence-corrected chi connectivity index (χ4v) is 2.23. The quantitative estimate of drug-likeness (QED) is 0.495. The van der Waals surface area contributed by atoms with Gasteiger partial charge in [0.05, 0.1) is 17.5 Å². The van der Waals surface area contributed by atoms with Gasteiger partial charge < -0.3 is 10.3 Å². The second-order valence-electron chi connectivity index (χ2n) is 4.86. The molecule has 3 rings (SSSR count).